The third-order valence-electron chi connectivity index (χ3n) is 2.58. The van der Waals surface area contributed by atoms with Gasteiger partial charge in [0.15, 0.2) is 5.69 Å². The summed E-state index contributed by atoms with van der Waals surface area (Å²) in [5.74, 6) is -1.28. The molecule has 0 saturated carbocycles. The van der Waals surface area contributed by atoms with Crippen molar-refractivity contribution in [2.75, 3.05) is 6.26 Å². The number of nitrogens with one attached hydrogen (secondary N) is 1. The molecule has 1 aromatic carbocycles. The van der Waals surface area contributed by atoms with Crippen LogP contribution in [0.3, 0.4) is 0 Å². The van der Waals surface area contributed by atoms with Crippen LogP contribution in [0.1, 0.15) is 21.7 Å². The number of aromatic carboxylic acids is 1. The van der Waals surface area contributed by atoms with Crippen molar-refractivity contribution in [1.82, 2.24) is 9.97 Å². The van der Waals surface area contributed by atoms with Crippen molar-refractivity contribution in [2.24, 2.45) is 0 Å². The average molecular weight is 315 g/mol. The van der Waals surface area contributed by atoms with E-state index in [0.717, 1.165) is 11.8 Å². The normalized spacial score (nSPS) is 11.5. The SMILES string of the molecule is CS(=O)(=O)c1nc(C(=O)O)c(Cc2cccc(Cl)c2)[nH]1. The first-order valence-electron chi connectivity index (χ1n) is 5.54. The van der Waals surface area contributed by atoms with Gasteiger partial charge in [-0.05, 0) is 17.7 Å². The number of carboxylic acid groups (broad SMARTS) is 1. The van der Waals surface area contributed by atoms with Gasteiger partial charge in [-0.15, -0.1) is 0 Å². The topological polar surface area (TPSA) is 100 Å². The van der Waals surface area contributed by atoms with Crippen LogP contribution < -0.4 is 0 Å². The van der Waals surface area contributed by atoms with Gasteiger partial charge < -0.3 is 10.1 Å². The number of hydrogen-bond acceptors (Lipinski definition) is 4. The minimum atomic E-state index is -3.59. The Hall–Kier alpha value is -1.86. The average Bonchev–Trinajstić information content (AvgIpc) is 2.72. The summed E-state index contributed by atoms with van der Waals surface area (Å²) >= 11 is 5.85. The van der Waals surface area contributed by atoms with Gasteiger partial charge in [-0.1, -0.05) is 23.7 Å². The van der Waals surface area contributed by atoms with Crippen LogP contribution in [0.15, 0.2) is 29.4 Å². The summed E-state index contributed by atoms with van der Waals surface area (Å²) < 4.78 is 22.8. The van der Waals surface area contributed by atoms with Crippen molar-refractivity contribution < 1.29 is 18.3 Å². The van der Waals surface area contributed by atoms with Crippen LogP contribution in [0.4, 0.5) is 0 Å². The van der Waals surface area contributed by atoms with E-state index < -0.39 is 15.8 Å². The highest BCUT2D eigenvalue weighted by atomic mass is 35.5. The number of sulfone groups is 1. The Morgan fingerprint density at radius 2 is 2.15 bits per heavy atom. The van der Waals surface area contributed by atoms with E-state index in [1.54, 1.807) is 24.3 Å². The predicted octanol–water partition coefficient (Wildman–Crippen LogP) is 1.76. The number of aromatic amines is 1. The third-order valence-corrected chi connectivity index (χ3v) is 3.71. The molecule has 0 radical (unpaired) electrons. The first kappa shape index (κ1) is 14.5. The molecule has 8 heteroatoms. The lowest BCUT2D eigenvalue weighted by atomic mass is 10.1. The van der Waals surface area contributed by atoms with Gasteiger partial charge in [-0.2, -0.15) is 0 Å². The second-order valence-electron chi connectivity index (χ2n) is 4.25. The maximum Gasteiger partial charge on any atom is 0.356 e. The van der Waals surface area contributed by atoms with Crippen LogP contribution in [-0.4, -0.2) is 35.7 Å². The minimum Gasteiger partial charge on any atom is -0.476 e. The molecule has 0 fully saturated rings. The van der Waals surface area contributed by atoms with E-state index in [-0.39, 0.29) is 23.0 Å². The molecule has 106 valence electrons. The molecule has 0 amide bonds. The molecule has 1 aromatic heterocycles. The van der Waals surface area contributed by atoms with Gasteiger partial charge in [-0.25, -0.2) is 18.2 Å². The number of carbonyl (C=O) groups is 1. The molecule has 0 aliphatic rings. The molecule has 0 unspecified atom stereocenters. The van der Waals surface area contributed by atoms with Gasteiger partial charge in [0, 0.05) is 17.7 Å². The van der Waals surface area contributed by atoms with E-state index in [2.05, 4.69) is 9.97 Å². The molecule has 2 rings (SSSR count). The monoisotopic (exact) mass is 314 g/mol. The number of imidazole rings is 1. The molecule has 0 atom stereocenters. The van der Waals surface area contributed by atoms with Crippen molar-refractivity contribution in [2.45, 2.75) is 11.6 Å². The van der Waals surface area contributed by atoms with Crippen LogP contribution in [0.5, 0.6) is 0 Å². The number of H-pyrrole nitrogens is 1. The number of hydrogen-bond donors (Lipinski definition) is 2. The van der Waals surface area contributed by atoms with Crippen molar-refractivity contribution in [3.8, 4) is 0 Å². The lowest BCUT2D eigenvalue weighted by molar-refractivity contribution is 0.0689. The van der Waals surface area contributed by atoms with Crippen LogP contribution >= 0.6 is 11.6 Å². The maximum absolute atomic E-state index is 11.4. The Balaban J connectivity index is 2.45. The van der Waals surface area contributed by atoms with Crippen molar-refractivity contribution in [3.63, 3.8) is 0 Å². The Labute approximate surface area is 120 Å². The number of nitrogens with zero attached hydrogens (tertiary/aromatic N) is 1. The fraction of sp³-hybridized carbons (Fsp3) is 0.167. The van der Waals surface area contributed by atoms with E-state index in [4.69, 9.17) is 16.7 Å². The summed E-state index contributed by atoms with van der Waals surface area (Å²) in [6.45, 7) is 0. The maximum atomic E-state index is 11.4. The lowest BCUT2D eigenvalue weighted by Crippen LogP contribution is -2.03. The van der Waals surface area contributed by atoms with Crippen LogP contribution in [-0.2, 0) is 16.3 Å². The first-order valence-corrected chi connectivity index (χ1v) is 7.81. The van der Waals surface area contributed by atoms with Gasteiger partial charge in [-0.3, -0.25) is 0 Å². The zero-order valence-electron chi connectivity index (χ0n) is 10.4. The van der Waals surface area contributed by atoms with Crippen LogP contribution in [0.25, 0.3) is 0 Å². The molecule has 1 heterocycles. The van der Waals surface area contributed by atoms with E-state index in [1.807, 2.05) is 0 Å². The molecular formula is C12H11ClN2O4S. The van der Waals surface area contributed by atoms with Gasteiger partial charge >= 0.3 is 5.97 Å². The van der Waals surface area contributed by atoms with E-state index in [9.17, 15) is 13.2 Å². The Kier molecular flexibility index (Phi) is 3.82. The van der Waals surface area contributed by atoms with Gasteiger partial charge in [0.1, 0.15) is 0 Å². The summed E-state index contributed by atoms with van der Waals surface area (Å²) in [5.41, 5.74) is 0.675. The number of halogens is 1. The molecule has 0 bridgehead atoms. The zero-order chi connectivity index (χ0) is 14.9. The van der Waals surface area contributed by atoms with E-state index >= 15 is 0 Å². The highest BCUT2D eigenvalue weighted by Crippen LogP contribution is 2.18. The van der Waals surface area contributed by atoms with Crippen molar-refractivity contribution in [1.29, 1.82) is 0 Å². The molecule has 0 spiro atoms. The van der Waals surface area contributed by atoms with E-state index in [1.165, 1.54) is 0 Å². The smallest absolute Gasteiger partial charge is 0.356 e. The fourth-order valence-corrected chi connectivity index (χ4v) is 2.50. The molecule has 6 nitrogen and oxygen atoms in total. The Morgan fingerprint density at radius 1 is 1.45 bits per heavy atom. The largest absolute Gasteiger partial charge is 0.476 e. The number of rotatable bonds is 4. The highest BCUT2D eigenvalue weighted by Gasteiger charge is 2.21. The molecule has 0 aliphatic carbocycles. The van der Waals surface area contributed by atoms with E-state index in [0.29, 0.717) is 5.02 Å². The summed E-state index contributed by atoms with van der Waals surface area (Å²) in [5, 5.41) is 9.24. The second kappa shape index (κ2) is 5.26. The van der Waals surface area contributed by atoms with Gasteiger partial charge in [0.25, 0.3) is 0 Å². The lowest BCUT2D eigenvalue weighted by Gasteiger charge is -2.01. The molecule has 2 aromatic rings. The summed E-state index contributed by atoms with van der Waals surface area (Å²) in [6.07, 6.45) is 1.16. The number of carboxylic acids is 1. The number of benzene rings is 1. The second-order valence-corrected chi connectivity index (χ2v) is 6.62. The summed E-state index contributed by atoms with van der Waals surface area (Å²) in [6, 6.07) is 6.86. The van der Waals surface area contributed by atoms with Crippen LogP contribution in [0, 0.1) is 0 Å². The van der Waals surface area contributed by atoms with Gasteiger partial charge in [0.05, 0.1) is 5.69 Å². The van der Waals surface area contributed by atoms with Crippen molar-refractivity contribution >= 4 is 27.4 Å². The number of aromatic nitrogens is 2. The van der Waals surface area contributed by atoms with Gasteiger partial charge in [0.2, 0.25) is 15.0 Å². The molecule has 20 heavy (non-hydrogen) atoms. The first-order chi connectivity index (χ1) is 9.27. The fourth-order valence-electron chi connectivity index (χ4n) is 1.72. The molecule has 0 saturated heterocycles. The molecule has 0 aliphatic heterocycles. The molecule has 2 N–H and O–H groups in total. The molecular weight excluding hydrogens is 304 g/mol. The Morgan fingerprint density at radius 3 is 2.70 bits per heavy atom. The Bertz CT molecular complexity index is 768. The van der Waals surface area contributed by atoms with Crippen LogP contribution in [0.2, 0.25) is 5.02 Å². The summed E-state index contributed by atoms with van der Waals surface area (Å²) in [4.78, 5) is 17.3. The third kappa shape index (κ3) is 3.17. The highest BCUT2D eigenvalue weighted by molar-refractivity contribution is 7.90. The standard InChI is InChI=1S/C12H11ClN2O4S/c1-20(18,19)12-14-9(10(15-12)11(16)17)6-7-3-2-4-8(13)5-7/h2-5H,6H2,1H3,(H,14,15)(H,16,17). The quantitative estimate of drug-likeness (QED) is 0.895. The zero-order valence-corrected chi connectivity index (χ0v) is 12.0. The predicted molar refractivity (Wildman–Crippen MR) is 72.9 cm³/mol. The van der Waals surface area contributed by atoms with Crippen molar-refractivity contribution in [3.05, 3.63) is 46.2 Å². The summed E-state index contributed by atoms with van der Waals surface area (Å²) in [7, 11) is -3.59. The minimum absolute atomic E-state index is 0.199.